The Kier molecular flexibility index (Phi) is 34.7. The van der Waals surface area contributed by atoms with Crippen LogP contribution in [-0.2, 0) is 47.8 Å². The Hall–Kier alpha value is -7.40. The minimum Gasteiger partial charge on any atom is -0.496 e. The van der Waals surface area contributed by atoms with E-state index in [0.717, 1.165) is 76.4 Å². The number of hydrogen-bond donors (Lipinski definition) is 5. The molecule has 0 spiro atoms. The Morgan fingerprint density at radius 1 is 0.667 bits per heavy atom. The lowest BCUT2D eigenvalue weighted by molar-refractivity contribution is -0.163. The molecule has 4 bridgehead atoms. The molecule has 4 amide bonds. The molecule has 5 aliphatic rings. The van der Waals surface area contributed by atoms with Crippen molar-refractivity contribution in [2.24, 2.45) is 23.7 Å². The highest BCUT2D eigenvalue weighted by Gasteiger charge is 2.62. The van der Waals surface area contributed by atoms with Crippen LogP contribution in [0.5, 0.6) is 11.5 Å². The number of nitrogens with zero attached hydrogens (tertiary/aromatic N) is 8. The van der Waals surface area contributed by atoms with Gasteiger partial charge in [-0.25, -0.2) is 9.48 Å². The maximum atomic E-state index is 14.4. The maximum absolute atomic E-state index is 14.4. The van der Waals surface area contributed by atoms with E-state index in [1.165, 1.54) is 6.92 Å². The summed E-state index contributed by atoms with van der Waals surface area (Å²) < 4.78 is 29.3. The Balaban J connectivity index is 0.000000368. The van der Waals surface area contributed by atoms with Gasteiger partial charge >= 0.3 is 17.9 Å². The Labute approximate surface area is 602 Å². The fraction of sp³-hybridized carbons (Fsp3) is 0.680. The Bertz CT molecular complexity index is 3150. The zero-order valence-corrected chi connectivity index (χ0v) is 62.2. The summed E-state index contributed by atoms with van der Waals surface area (Å²) in [6.45, 7) is 18.5. The average Bonchev–Trinajstić information content (AvgIpc) is 0.796. The molecule has 2 aromatic carbocycles. The van der Waals surface area contributed by atoms with E-state index in [2.05, 4.69) is 22.5 Å². The quantitative estimate of drug-likeness (QED) is 0.0361. The molecule has 27 nitrogen and oxygen atoms in total. The Morgan fingerprint density at radius 3 is 1.81 bits per heavy atom. The monoisotopic (exact) mass is 1430 g/mol. The first-order chi connectivity index (χ1) is 48.8. The van der Waals surface area contributed by atoms with Gasteiger partial charge in [-0.2, -0.15) is 5.10 Å². The fourth-order valence-corrected chi connectivity index (χ4v) is 14.8. The van der Waals surface area contributed by atoms with Crippen LogP contribution in [0.3, 0.4) is 0 Å². The zero-order valence-electron chi connectivity index (χ0n) is 62.2. The van der Waals surface area contributed by atoms with Gasteiger partial charge in [-0.05, 0) is 170 Å². The van der Waals surface area contributed by atoms with Crippen molar-refractivity contribution in [1.82, 2.24) is 49.8 Å². The summed E-state index contributed by atoms with van der Waals surface area (Å²) in [5.74, 6) is -1.99. The van der Waals surface area contributed by atoms with Gasteiger partial charge in [-0.3, -0.25) is 53.1 Å². The molecule has 2 heterocycles. The van der Waals surface area contributed by atoms with Gasteiger partial charge in [0.2, 0.25) is 11.8 Å². The summed E-state index contributed by atoms with van der Waals surface area (Å²) in [5, 5.41) is 40.7. The van der Waals surface area contributed by atoms with Crippen molar-refractivity contribution in [3.8, 4) is 28.4 Å². The van der Waals surface area contributed by atoms with Gasteiger partial charge in [0, 0.05) is 117 Å². The second-order valence-corrected chi connectivity index (χ2v) is 28.1. The number of nitrogens with one attached hydrogen (secondary N) is 2. The molecule has 1 aromatic heterocycles. The van der Waals surface area contributed by atoms with Gasteiger partial charge in [-0.1, -0.05) is 33.3 Å². The first-order valence-corrected chi connectivity index (χ1v) is 36.7. The average molecular weight is 1430 g/mol. The number of rotatable bonds is 43. The third-order valence-electron chi connectivity index (χ3n) is 20.2. The topological polar surface area (TPSA) is 322 Å². The van der Waals surface area contributed by atoms with E-state index in [1.807, 2.05) is 63.1 Å². The molecule has 1 aliphatic heterocycles. The molecule has 0 radical (unpaired) electrons. The van der Waals surface area contributed by atoms with Crippen molar-refractivity contribution in [3.63, 3.8) is 0 Å². The number of amides is 4. The SMILES string of the molecule is CCCCC(=O)CCC(=O)N(C)CCCN(C)CCCN(C)C(=O)c1ccc(-n2nc(C(=O)NC3(C(=O)O)C4CC5CC(C4)CC3C5)cc2-c2c(OC)cccc2OC)c(C(C)C)c1.CCOCCOCCOCCCNC(=O)CCC(C(=O)O)N1CCN(CC(C)=O)CCN(CC(=O)O)CC1. The van der Waals surface area contributed by atoms with E-state index >= 15 is 0 Å². The third kappa shape index (κ3) is 24.9. The molecule has 1 atom stereocenters. The summed E-state index contributed by atoms with van der Waals surface area (Å²) in [6.07, 6.45) is 9.70. The molecular formula is C75H116N10O17. The summed E-state index contributed by atoms with van der Waals surface area (Å²) in [4.78, 5) is 124. The van der Waals surface area contributed by atoms with Crippen molar-refractivity contribution in [2.75, 3.05) is 160 Å². The number of hydrogen-bond acceptors (Lipinski definition) is 19. The molecule has 1 unspecified atom stereocenters. The largest absolute Gasteiger partial charge is 0.496 e. The van der Waals surface area contributed by atoms with Crippen LogP contribution in [0.25, 0.3) is 16.9 Å². The van der Waals surface area contributed by atoms with E-state index in [1.54, 1.807) is 64.7 Å². The van der Waals surface area contributed by atoms with Crippen LogP contribution in [-0.4, -0.2) is 279 Å². The van der Waals surface area contributed by atoms with Crippen molar-refractivity contribution in [3.05, 3.63) is 59.3 Å². The molecule has 4 saturated carbocycles. The fourth-order valence-electron chi connectivity index (χ4n) is 14.8. The number of aromatic nitrogens is 2. The molecule has 5 fully saturated rings. The minimum absolute atomic E-state index is 0.00172. The number of ether oxygens (including phenoxy) is 5. The Morgan fingerprint density at radius 2 is 1.25 bits per heavy atom. The molecular weight excluding hydrogens is 1310 g/mol. The highest BCUT2D eigenvalue weighted by Crippen LogP contribution is 2.58. The number of benzene rings is 2. The lowest BCUT2D eigenvalue weighted by atomic mass is 9.48. The van der Waals surface area contributed by atoms with Crippen LogP contribution in [0.1, 0.15) is 163 Å². The predicted molar refractivity (Wildman–Crippen MR) is 385 cm³/mol. The third-order valence-corrected chi connectivity index (χ3v) is 20.2. The number of carboxylic acid groups (broad SMARTS) is 3. The van der Waals surface area contributed by atoms with Gasteiger partial charge in [0.15, 0.2) is 5.69 Å². The molecule has 8 rings (SSSR count). The molecule has 568 valence electrons. The first kappa shape index (κ1) is 83.5. The van der Waals surface area contributed by atoms with Gasteiger partial charge in [0.05, 0.1) is 70.7 Å². The number of carbonyl (C=O) groups excluding carboxylic acids is 6. The molecule has 5 N–H and O–H groups in total. The smallest absolute Gasteiger partial charge is 0.330 e. The van der Waals surface area contributed by atoms with Crippen LogP contribution in [0.2, 0.25) is 0 Å². The number of Topliss-reactive ketones (excluding diaryl/α,β-unsaturated/α-hetero) is 2. The number of carbonyl (C=O) groups is 9. The summed E-state index contributed by atoms with van der Waals surface area (Å²) in [7, 11) is 8.76. The molecule has 27 heteroatoms. The number of methoxy groups -OCH3 is 2. The second kappa shape index (κ2) is 42.4. The van der Waals surface area contributed by atoms with E-state index in [9.17, 15) is 58.5 Å². The lowest BCUT2D eigenvalue weighted by Gasteiger charge is -2.59. The van der Waals surface area contributed by atoms with Crippen LogP contribution >= 0.6 is 0 Å². The van der Waals surface area contributed by atoms with E-state index in [-0.39, 0.29) is 85.1 Å². The number of carboxylic acids is 3. The molecule has 4 aliphatic carbocycles. The van der Waals surface area contributed by atoms with Gasteiger partial charge in [0.25, 0.3) is 11.8 Å². The van der Waals surface area contributed by atoms with Crippen molar-refractivity contribution in [1.29, 1.82) is 0 Å². The standard InChI is InChI=1S/C50H70N6O8.C25H46N4O9/c1-9-10-14-38(57)18-20-45(58)54(5)23-12-21-53(4)22-13-24-55(6)48(60)35-17-19-41(39(30-35)32(2)3)56-42(46-43(63-7)15-11-16-44(46)64-8)31-40(52-56)47(59)51-50(49(61)62)36-26-33-25-34(28-36)29-37(50)27-33;1-3-36-15-16-38-18-17-37-14-4-7-26-23(31)6-5-22(25(34)35)29-12-10-27(19-21(2)30)8-9-28(11-13-29)20-24(32)33/h11,15-17,19,30-34,36-37H,9-10,12-14,18,20-29H2,1-8H3,(H,51,59)(H,61,62);22H,3-20H2,1-2H3,(H,26,31)(H,32,33)(H,34,35). The van der Waals surface area contributed by atoms with Crippen molar-refractivity contribution in [2.45, 2.75) is 148 Å². The van der Waals surface area contributed by atoms with Crippen LogP contribution in [0.4, 0.5) is 0 Å². The zero-order chi connectivity index (χ0) is 74.5. The van der Waals surface area contributed by atoms with E-state index in [0.29, 0.717) is 164 Å². The molecule has 102 heavy (non-hydrogen) atoms. The first-order valence-electron chi connectivity index (χ1n) is 36.7. The van der Waals surface area contributed by atoms with Crippen LogP contribution in [0.15, 0.2) is 42.5 Å². The summed E-state index contributed by atoms with van der Waals surface area (Å²) in [6, 6.07) is 11.7. The van der Waals surface area contributed by atoms with Crippen molar-refractivity contribution < 1.29 is 82.2 Å². The molecule has 3 aromatic rings. The number of ketones is 2. The predicted octanol–water partition coefficient (Wildman–Crippen LogP) is 6.86. The van der Waals surface area contributed by atoms with E-state index in [4.69, 9.17) is 28.8 Å². The van der Waals surface area contributed by atoms with Gasteiger partial charge < -0.3 is 64.3 Å². The van der Waals surface area contributed by atoms with Gasteiger partial charge in [0.1, 0.15) is 34.6 Å². The maximum Gasteiger partial charge on any atom is 0.330 e. The second-order valence-electron chi connectivity index (χ2n) is 28.1. The van der Waals surface area contributed by atoms with Gasteiger partial charge in [-0.15, -0.1) is 0 Å². The van der Waals surface area contributed by atoms with Crippen LogP contribution in [0, 0.1) is 23.7 Å². The number of aliphatic carboxylic acids is 3. The van der Waals surface area contributed by atoms with E-state index < -0.39 is 35.4 Å². The molecule has 1 saturated heterocycles. The lowest BCUT2D eigenvalue weighted by Crippen LogP contribution is -2.70. The number of unbranched alkanes of at least 4 members (excludes halogenated alkanes) is 1. The normalized spacial score (nSPS) is 19.4. The highest BCUT2D eigenvalue weighted by atomic mass is 16.5. The minimum atomic E-state index is -1.35. The van der Waals surface area contributed by atoms with Crippen molar-refractivity contribution >= 4 is 53.1 Å². The highest BCUT2D eigenvalue weighted by molar-refractivity contribution is 5.99. The summed E-state index contributed by atoms with van der Waals surface area (Å²) in [5.41, 5.74) is 1.83. The summed E-state index contributed by atoms with van der Waals surface area (Å²) >= 11 is 0. The van der Waals surface area contributed by atoms with Crippen LogP contribution < -0.4 is 20.1 Å².